The van der Waals surface area contributed by atoms with E-state index in [9.17, 15) is 9.59 Å². The summed E-state index contributed by atoms with van der Waals surface area (Å²) in [5.74, 6) is 0.135. The molecule has 0 bridgehead atoms. The van der Waals surface area contributed by atoms with Gasteiger partial charge in [-0.2, -0.15) is 4.57 Å². The Hall–Kier alpha value is -1.64. The Labute approximate surface area is 105 Å². The second-order valence-corrected chi connectivity index (χ2v) is 4.30. The molecule has 1 N–H and O–H groups in total. The third-order valence-electron chi connectivity index (χ3n) is 1.70. The molecular formula is C10H13NO6S. The van der Waals surface area contributed by atoms with Crippen LogP contribution in [0, 0.1) is 0 Å². The molecule has 0 amide bonds. The Bertz CT molecular complexity index is 512. The van der Waals surface area contributed by atoms with Gasteiger partial charge in [0.15, 0.2) is 24.0 Å². The minimum absolute atomic E-state index is 0.0370. The molecule has 7 nitrogen and oxygen atoms in total. The maximum atomic E-state index is 10.9. The third kappa shape index (κ3) is 9.58. The van der Waals surface area contributed by atoms with Crippen molar-refractivity contribution in [2.45, 2.75) is 20.4 Å². The molecule has 0 unspecified atom stereocenters. The fraction of sp³-hybridized carbons (Fsp3) is 0.300. The van der Waals surface area contributed by atoms with Crippen LogP contribution in [-0.4, -0.2) is 29.1 Å². The summed E-state index contributed by atoms with van der Waals surface area (Å²) in [5.41, 5.74) is 0.666. The highest BCUT2D eigenvalue weighted by atomic mass is 32.3. The molecule has 0 aliphatic heterocycles. The number of hydrogen-bond donors (Lipinski definition) is 1. The molecule has 8 heteroatoms. The molecule has 0 saturated heterocycles. The highest BCUT2D eigenvalue weighted by Gasteiger charge is 2.05. The van der Waals surface area contributed by atoms with Crippen molar-refractivity contribution in [1.82, 2.24) is 0 Å². The van der Waals surface area contributed by atoms with E-state index in [0.717, 1.165) is 0 Å². The molecule has 0 fully saturated rings. The van der Waals surface area contributed by atoms with Crippen LogP contribution in [0.5, 0.6) is 0 Å². The van der Waals surface area contributed by atoms with Gasteiger partial charge in [-0.1, -0.05) is 0 Å². The van der Waals surface area contributed by atoms with Crippen LogP contribution < -0.4 is 4.57 Å². The minimum atomic E-state index is -4.92. The Kier molecular flexibility index (Phi) is 6.31. The van der Waals surface area contributed by atoms with Crippen LogP contribution in [0.15, 0.2) is 24.5 Å². The number of pyridine rings is 1. The maximum absolute atomic E-state index is 10.9. The van der Waals surface area contributed by atoms with Crippen LogP contribution in [0.1, 0.15) is 24.2 Å². The first-order valence-electron chi connectivity index (χ1n) is 4.77. The summed E-state index contributed by atoms with van der Waals surface area (Å²) in [6.45, 7) is 3.41. The van der Waals surface area contributed by atoms with Gasteiger partial charge in [-0.15, -0.1) is 0 Å². The number of ketones is 2. The zero-order chi connectivity index (χ0) is 14.3. The van der Waals surface area contributed by atoms with Gasteiger partial charge in [0.05, 0.1) is 0 Å². The SMILES string of the molecule is CC(=O)C[n+]1ccc(C(C)=O)cc1.O=S(=O)([O-])O. The van der Waals surface area contributed by atoms with Gasteiger partial charge in [-0.25, -0.2) is 8.42 Å². The van der Waals surface area contributed by atoms with E-state index in [2.05, 4.69) is 0 Å². The predicted octanol–water partition coefficient (Wildman–Crippen LogP) is -0.230. The third-order valence-corrected chi connectivity index (χ3v) is 1.70. The quantitative estimate of drug-likeness (QED) is 0.352. The lowest BCUT2D eigenvalue weighted by molar-refractivity contribution is -0.684. The lowest BCUT2D eigenvalue weighted by Crippen LogP contribution is -2.36. The highest BCUT2D eigenvalue weighted by Crippen LogP contribution is 1.95. The van der Waals surface area contributed by atoms with E-state index in [-0.39, 0.29) is 11.6 Å². The fourth-order valence-corrected chi connectivity index (χ4v) is 1.05. The van der Waals surface area contributed by atoms with Crippen LogP contribution >= 0.6 is 0 Å². The molecule has 0 aliphatic carbocycles. The molecule has 0 aromatic carbocycles. The first-order valence-corrected chi connectivity index (χ1v) is 6.14. The zero-order valence-electron chi connectivity index (χ0n) is 9.86. The normalized spacial score (nSPS) is 10.2. The molecule has 18 heavy (non-hydrogen) atoms. The van der Waals surface area contributed by atoms with Gasteiger partial charge in [0.1, 0.15) is 0 Å². The second kappa shape index (κ2) is 6.94. The van der Waals surface area contributed by atoms with Crippen LogP contribution in [0.2, 0.25) is 0 Å². The van der Waals surface area contributed by atoms with Crippen molar-refractivity contribution in [3.05, 3.63) is 30.1 Å². The number of aromatic nitrogens is 1. The Morgan fingerprint density at radius 1 is 1.28 bits per heavy atom. The summed E-state index contributed by atoms with van der Waals surface area (Å²) in [5, 5.41) is 0. The first kappa shape index (κ1) is 16.4. The number of Topliss-reactive ketones (excluding diaryl/α,β-unsaturated/α-hetero) is 2. The van der Waals surface area contributed by atoms with Gasteiger partial charge in [0.2, 0.25) is 16.9 Å². The van der Waals surface area contributed by atoms with Crippen molar-refractivity contribution in [3.63, 3.8) is 0 Å². The summed E-state index contributed by atoms with van der Waals surface area (Å²) in [4.78, 5) is 21.6. The van der Waals surface area contributed by atoms with Crippen molar-refractivity contribution in [3.8, 4) is 0 Å². The second-order valence-electron chi connectivity index (χ2n) is 3.45. The van der Waals surface area contributed by atoms with E-state index in [1.54, 1.807) is 29.1 Å². The van der Waals surface area contributed by atoms with Crippen LogP contribution in [0.3, 0.4) is 0 Å². The molecule has 0 aliphatic rings. The van der Waals surface area contributed by atoms with E-state index in [4.69, 9.17) is 17.5 Å². The van der Waals surface area contributed by atoms with Crippen molar-refractivity contribution in [2.24, 2.45) is 0 Å². The summed E-state index contributed by atoms with van der Waals surface area (Å²) in [6, 6.07) is 3.43. The molecule has 1 heterocycles. The number of nitrogens with zero attached hydrogens (tertiary/aromatic N) is 1. The summed E-state index contributed by atoms with van der Waals surface area (Å²) < 4.78 is 34.6. The molecule has 1 aromatic heterocycles. The molecule has 100 valence electrons. The predicted molar refractivity (Wildman–Crippen MR) is 59.6 cm³/mol. The van der Waals surface area contributed by atoms with Gasteiger partial charge in [0.25, 0.3) is 0 Å². The number of carbonyl (C=O) groups excluding carboxylic acids is 2. The molecule has 0 atom stereocenters. The van der Waals surface area contributed by atoms with Crippen molar-refractivity contribution in [1.29, 1.82) is 0 Å². The Balaban J connectivity index is 0.000000494. The average molecular weight is 275 g/mol. The number of hydrogen-bond acceptors (Lipinski definition) is 5. The van der Waals surface area contributed by atoms with E-state index < -0.39 is 10.4 Å². The van der Waals surface area contributed by atoms with Crippen LogP contribution in [-0.2, 0) is 21.7 Å². The van der Waals surface area contributed by atoms with Crippen molar-refractivity contribution >= 4 is 22.0 Å². The molecule has 0 saturated carbocycles. The lowest BCUT2D eigenvalue weighted by Gasteiger charge is -1.94. The topological polar surface area (TPSA) is 115 Å². The van der Waals surface area contributed by atoms with Gasteiger partial charge in [0, 0.05) is 24.6 Å². The summed E-state index contributed by atoms with van der Waals surface area (Å²) in [6.07, 6.45) is 3.47. The lowest BCUT2D eigenvalue weighted by atomic mass is 10.2. The van der Waals surface area contributed by atoms with Crippen LogP contribution in [0.4, 0.5) is 0 Å². The molecule has 0 spiro atoms. The van der Waals surface area contributed by atoms with Gasteiger partial charge < -0.3 is 4.55 Å². The molecule has 1 rings (SSSR count). The molecular weight excluding hydrogens is 262 g/mol. The van der Waals surface area contributed by atoms with E-state index >= 15 is 0 Å². The minimum Gasteiger partial charge on any atom is -0.726 e. The summed E-state index contributed by atoms with van der Waals surface area (Å²) >= 11 is 0. The molecule has 0 radical (unpaired) electrons. The fourth-order valence-electron chi connectivity index (χ4n) is 1.05. The smallest absolute Gasteiger partial charge is 0.215 e. The van der Waals surface area contributed by atoms with E-state index in [1.165, 1.54) is 13.8 Å². The first-order chi connectivity index (χ1) is 8.09. The van der Waals surface area contributed by atoms with E-state index in [1.807, 2.05) is 0 Å². The summed E-state index contributed by atoms with van der Waals surface area (Å²) in [7, 11) is -4.92. The average Bonchev–Trinajstić information content (AvgIpc) is 2.14. The Morgan fingerprint density at radius 2 is 1.67 bits per heavy atom. The largest absolute Gasteiger partial charge is 0.726 e. The Morgan fingerprint density at radius 3 is 1.94 bits per heavy atom. The van der Waals surface area contributed by atoms with Crippen LogP contribution in [0.25, 0.3) is 0 Å². The standard InChI is InChI=1S/C10H12NO2.H2O4S/c1-8(12)7-11-5-3-10(4-6-11)9(2)13;1-5(2,3)4/h3-6H,7H2,1-2H3;(H2,1,2,3,4)/q+1;/p-1. The number of rotatable bonds is 3. The molecule has 1 aromatic rings. The van der Waals surface area contributed by atoms with E-state index in [0.29, 0.717) is 12.1 Å². The maximum Gasteiger partial charge on any atom is 0.215 e. The van der Waals surface area contributed by atoms with Gasteiger partial charge >= 0.3 is 0 Å². The van der Waals surface area contributed by atoms with Gasteiger partial charge in [-0.3, -0.25) is 14.1 Å². The monoisotopic (exact) mass is 275 g/mol. The van der Waals surface area contributed by atoms with Gasteiger partial charge in [-0.05, 0) is 6.92 Å². The zero-order valence-corrected chi connectivity index (χ0v) is 10.7. The number of carbonyl (C=O) groups is 2. The highest BCUT2D eigenvalue weighted by molar-refractivity contribution is 7.79. The van der Waals surface area contributed by atoms with Crippen molar-refractivity contribution < 1.29 is 31.7 Å². The van der Waals surface area contributed by atoms with Crippen molar-refractivity contribution in [2.75, 3.05) is 0 Å².